The summed E-state index contributed by atoms with van der Waals surface area (Å²) in [6.07, 6.45) is 8.65. The van der Waals surface area contributed by atoms with E-state index in [1.54, 1.807) is 10.8 Å². The van der Waals surface area contributed by atoms with Crippen molar-refractivity contribution in [1.29, 1.82) is 0 Å². The third-order valence-electron chi connectivity index (χ3n) is 4.06. The molecule has 5 nitrogen and oxygen atoms in total. The first kappa shape index (κ1) is 15.6. The minimum atomic E-state index is -0.157. The number of hydrogen-bond donors (Lipinski definition) is 1. The van der Waals surface area contributed by atoms with Crippen LogP contribution in [0.3, 0.4) is 0 Å². The lowest BCUT2D eigenvalue weighted by atomic mass is 10.1. The largest absolute Gasteiger partial charge is 0.491 e. The lowest BCUT2D eigenvalue weighted by Gasteiger charge is -2.18. The molecule has 21 heavy (non-hydrogen) atoms. The van der Waals surface area contributed by atoms with Gasteiger partial charge in [0.15, 0.2) is 5.75 Å². The Labute approximate surface area is 125 Å². The highest BCUT2D eigenvalue weighted by Crippen LogP contribution is 2.17. The average Bonchev–Trinajstić information content (AvgIpc) is 2.70. The lowest BCUT2D eigenvalue weighted by molar-refractivity contribution is -0.122. The van der Waals surface area contributed by atoms with Crippen molar-refractivity contribution in [2.24, 2.45) is 0 Å². The highest BCUT2D eigenvalue weighted by molar-refractivity contribution is 5.76. The first-order valence-electron chi connectivity index (χ1n) is 7.64. The van der Waals surface area contributed by atoms with Crippen molar-refractivity contribution in [2.45, 2.75) is 58.0 Å². The van der Waals surface area contributed by atoms with Gasteiger partial charge in [0, 0.05) is 17.8 Å². The summed E-state index contributed by atoms with van der Waals surface area (Å²) in [5.41, 5.74) is 0.604. The van der Waals surface area contributed by atoms with Crippen molar-refractivity contribution < 1.29 is 9.53 Å². The van der Waals surface area contributed by atoms with E-state index in [-0.39, 0.29) is 23.6 Å². The second-order valence-corrected chi connectivity index (χ2v) is 5.73. The van der Waals surface area contributed by atoms with Gasteiger partial charge in [-0.15, -0.1) is 0 Å². The van der Waals surface area contributed by atoms with Crippen LogP contribution in [0.15, 0.2) is 17.1 Å². The Morgan fingerprint density at radius 2 is 2.00 bits per heavy atom. The number of aryl methyl sites for hydroxylation is 1. The number of amides is 1. The maximum Gasteiger partial charge on any atom is 0.240 e. The molecular weight excluding hydrogens is 268 g/mol. The SMILES string of the molecule is COc1cn(CC(=O)NC2CCCCCC2)c(C)cc1=O. The van der Waals surface area contributed by atoms with Crippen LogP contribution < -0.4 is 15.5 Å². The molecule has 116 valence electrons. The number of hydrogen-bond acceptors (Lipinski definition) is 3. The van der Waals surface area contributed by atoms with Crippen LogP contribution in [0.5, 0.6) is 5.75 Å². The molecule has 0 radical (unpaired) electrons. The van der Waals surface area contributed by atoms with E-state index in [4.69, 9.17) is 4.74 Å². The molecule has 0 saturated heterocycles. The normalized spacial score (nSPS) is 16.3. The van der Waals surface area contributed by atoms with E-state index < -0.39 is 0 Å². The maximum absolute atomic E-state index is 12.2. The number of carbonyl (C=O) groups is 1. The molecule has 1 aromatic heterocycles. The third kappa shape index (κ3) is 4.34. The molecular formula is C16H24N2O3. The Hall–Kier alpha value is -1.78. The lowest BCUT2D eigenvalue weighted by Crippen LogP contribution is -2.37. The molecule has 1 aromatic rings. The predicted molar refractivity (Wildman–Crippen MR) is 81.6 cm³/mol. The maximum atomic E-state index is 12.2. The van der Waals surface area contributed by atoms with Crippen molar-refractivity contribution in [3.63, 3.8) is 0 Å². The van der Waals surface area contributed by atoms with Crippen LogP contribution in [0, 0.1) is 6.92 Å². The van der Waals surface area contributed by atoms with E-state index in [1.165, 1.54) is 38.9 Å². The quantitative estimate of drug-likeness (QED) is 0.864. The highest BCUT2D eigenvalue weighted by Gasteiger charge is 2.15. The van der Waals surface area contributed by atoms with Gasteiger partial charge >= 0.3 is 0 Å². The molecule has 0 unspecified atom stereocenters. The van der Waals surface area contributed by atoms with Gasteiger partial charge < -0.3 is 14.6 Å². The van der Waals surface area contributed by atoms with E-state index in [0.29, 0.717) is 6.04 Å². The molecule has 0 atom stereocenters. The summed E-state index contributed by atoms with van der Waals surface area (Å²) in [6, 6.07) is 1.79. The van der Waals surface area contributed by atoms with Crippen LogP contribution in [-0.4, -0.2) is 23.6 Å². The Kier molecular flexibility index (Phi) is 5.42. The molecule has 5 heteroatoms. The zero-order valence-electron chi connectivity index (χ0n) is 12.9. The molecule has 0 spiro atoms. The molecule has 1 aliphatic rings. The van der Waals surface area contributed by atoms with Crippen LogP contribution >= 0.6 is 0 Å². The topological polar surface area (TPSA) is 60.3 Å². The number of carbonyl (C=O) groups excluding carboxylic acids is 1. The van der Waals surface area contributed by atoms with Crippen LogP contribution in [-0.2, 0) is 11.3 Å². The molecule has 1 aliphatic carbocycles. The summed E-state index contributed by atoms with van der Waals surface area (Å²) in [5, 5.41) is 3.11. The number of methoxy groups -OCH3 is 1. The van der Waals surface area contributed by atoms with Gasteiger partial charge in [0.05, 0.1) is 13.3 Å². The third-order valence-corrected chi connectivity index (χ3v) is 4.06. The Balaban J connectivity index is 2.00. The number of nitrogens with one attached hydrogen (secondary N) is 1. The zero-order chi connectivity index (χ0) is 15.2. The van der Waals surface area contributed by atoms with Gasteiger partial charge in [0.1, 0.15) is 6.54 Å². The van der Waals surface area contributed by atoms with Gasteiger partial charge in [-0.3, -0.25) is 9.59 Å². The monoisotopic (exact) mass is 292 g/mol. The van der Waals surface area contributed by atoms with Gasteiger partial charge in [0.25, 0.3) is 0 Å². The van der Waals surface area contributed by atoms with Gasteiger partial charge in [-0.1, -0.05) is 25.7 Å². The van der Waals surface area contributed by atoms with Gasteiger partial charge in [-0.25, -0.2) is 0 Å². The van der Waals surface area contributed by atoms with Crippen LogP contribution in [0.2, 0.25) is 0 Å². The molecule has 1 fully saturated rings. The minimum absolute atomic E-state index is 0.00398. The number of aromatic nitrogens is 1. The van der Waals surface area contributed by atoms with E-state index in [9.17, 15) is 9.59 Å². The fourth-order valence-electron chi connectivity index (χ4n) is 2.83. The predicted octanol–water partition coefficient (Wildman–Crippen LogP) is 2.00. The Morgan fingerprint density at radius 3 is 2.62 bits per heavy atom. The van der Waals surface area contributed by atoms with Crippen LogP contribution in [0.1, 0.15) is 44.2 Å². The standard InChI is InChI=1S/C16H24N2O3/c1-12-9-14(19)15(21-2)10-18(12)11-16(20)17-13-7-5-3-4-6-8-13/h9-10,13H,3-8,11H2,1-2H3,(H,17,20). The summed E-state index contributed by atoms with van der Waals surface area (Å²) in [4.78, 5) is 23.8. The summed E-state index contributed by atoms with van der Waals surface area (Å²) < 4.78 is 6.78. The first-order valence-corrected chi connectivity index (χ1v) is 7.64. The van der Waals surface area contributed by atoms with Crippen molar-refractivity contribution in [1.82, 2.24) is 9.88 Å². The Bertz CT molecular complexity index is 543. The van der Waals surface area contributed by atoms with Crippen molar-refractivity contribution in [3.05, 3.63) is 28.2 Å². The highest BCUT2D eigenvalue weighted by atomic mass is 16.5. The summed E-state index contributed by atoms with van der Waals surface area (Å²) in [6.45, 7) is 2.04. The van der Waals surface area contributed by atoms with Gasteiger partial charge in [-0.2, -0.15) is 0 Å². The molecule has 1 N–H and O–H groups in total. The average molecular weight is 292 g/mol. The molecule has 1 amide bonds. The molecule has 1 heterocycles. The number of nitrogens with zero attached hydrogens (tertiary/aromatic N) is 1. The minimum Gasteiger partial charge on any atom is -0.491 e. The summed E-state index contributed by atoms with van der Waals surface area (Å²) >= 11 is 0. The number of rotatable bonds is 4. The molecule has 0 aromatic carbocycles. The van der Waals surface area contributed by atoms with Crippen molar-refractivity contribution in [3.8, 4) is 5.75 Å². The van der Waals surface area contributed by atoms with Gasteiger partial charge in [0.2, 0.25) is 11.3 Å². The van der Waals surface area contributed by atoms with Gasteiger partial charge in [-0.05, 0) is 19.8 Å². The van der Waals surface area contributed by atoms with Crippen LogP contribution in [0.4, 0.5) is 0 Å². The molecule has 2 rings (SSSR count). The van der Waals surface area contributed by atoms with E-state index >= 15 is 0 Å². The fraction of sp³-hybridized carbons (Fsp3) is 0.625. The van der Waals surface area contributed by atoms with Crippen molar-refractivity contribution >= 4 is 5.91 Å². The van der Waals surface area contributed by atoms with E-state index in [1.807, 2.05) is 6.92 Å². The number of pyridine rings is 1. The smallest absolute Gasteiger partial charge is 0.240 e. The van der Waals surface area contributed by atoms with E-state index in [0.717, 1.165) is 18.5 Å². The fourth-order valence-corrected chi connectivity index (χ4v) is 2.83. The second kappa shape index (κ2) is 7.29. The second-order valence-electron chi connectivity index (χ2n) is 5.73. The molecule has 0 bridgehead atoms. The van der Waals surface area contributed by atoms with Crippen LogP contribution in [0.25, 0.3) is 0 Å². The summed E-state index contributed by atoms with van der Waals surface area (Å²) in [7, 11) is 1.46. The van der Waals surface area contributed by atoms with E-state index in [2.05, 4.69) is 5.32 Å². The zero-order valence-corrected chi connectivity index (χ0v) is 12.9. The first-order chi connectivity index (χ1) is 10.1. The van der Waals surface area contributed by atoms with Crippen molar-refractivity contribution in [2.75, 3.05) is 7.11 Å². The number of ether oxygens (including phenoxy) is 1. The Morgan fingerprint density at radius 1 is 1.33 bits per heavy atom. The summed E-state index contributed by atoms with van der Waals surface area (Å²) in [5.74, 6) is 0.263. The molecule has 1 saturated carbocycles. The molecule has 0 aliphatic heterocycles.